The molecule has 3 aromatic rings. The summed E-state index contributed by atoms with van der Waals surface area (Å²) in [6.07, 6.45) is 0. The van der Waals surface area contributed by atoms with Crippen molar-refractivity contribution in [1.82, 2.24) is 4.57 Å². The Bertz CT molecular complexity index is 1020. The number of hydrogen-bond acceptors (Lipinski definition) is 4. The summed E-state index contributed by atoms with van der Waals surface area (Å²) in [6, 6.07) is 7.87. The highest BCUT2D eigenvalue weighted by atomic mass is 35.5. The SMILES string of the molecule is O=C(O)Cn1c(=O)sc2cc(C(=O)c3ccc(F)cc3)c(Cl)cc21. The molecule has 0 amide bonds. The molecule has 24 heavy (non-hydrogen) atoms. The first-order chi connectivity index (χ1) is 11.4. The number of thiazole rings is 1. The van der Waals surface area contributed by atoms with Gasteiger partial charge >= 0.3 is 10.8 Å². The first kappa shape index (κ1) is 16.4. The fourth-order valence-electron chi connectivity index (χ4n) is 2.30. The second-order valence-corrected chi connectivity index (χ2v) is 6.38. The minimum absolute atomic E-state index is 0.0914. The fourth-order valence-corrected chi connectivity index (χ4v) is 3.45. The zero-order valence-corrected chi connectivity index (χ0v) is 13.5. The van der Waals surface area contributed by atoms with Crippen molar-refractivity contribution in [1.29, 1.82) is 0 Å². The molecule has 0 radical (unpaired) electrons. The first-order valence-corrected chi connectivity index (χ1v) is 7.91. The summed E-state index contributed by atoms with van der Waals surface area (Å²) in [6.45, 7) is -0.486. The van der Waals surface area contributed by atoms with E-state index in [-0.39, 0.29) is 16.1 Å². The van der Waals surface area contributed by atoms with Gasteiger partial charge in [0.25, 0.3) is 0 Å². The molecule has 8 heteroatoms. The maximum atomic E-state index is 13.0. The lowest BCUT2D eigenvalue weighted by atomic mass is 10.0. The minimum Gasteiger partial charge on any atom is -0.480 e. The van der Waals surface area contributed by atoms with Crippen molar-refractivity contribution in [2.24, 2.45) is 0 Å². The minimum atomic E-state index is -1.15. The second-order valence-electron chi connectivity index (χ2n) is 4.98. The van der Waals surface area contributed by atoms with E-state index in [9.17, 15) is 18.8 Å². The number of carbonyl (C=O) groups is 2. The number of ketones is 1. The molecule has 0 saturated heterocycles. The van der Waals surface area contributed by atoms with E-state index in [1.54, 1.807) is 0 Å². The van der Waals surface area contributed by atoms with E-state index < -0.39 is 29.0 Å². The highest BCUT2D eigenvalue weighted by Gasteiger charge is 2.18. The summed E-state index contributed by atoms with van der Waals surface area (Å²) in [5, 5.41) is 8.97. The summed E-state index contributed by atoms with van der Waals surface area (Å²) in [5.74, 6) is -2.02. The van der Waals surface area contributed by atoms with Crippen LogP contribution in [0.4, 0.5) is 4.39 Å². The molecule has 0 atom stereocenters. The van der Waals surface area contributed by atoms with Crippen LogP contribution in [0.2, 0.25) is 5.02 Å². The molecule has 2 aromatic carbocycles. The molecule has 0 bridgehead atoms. The van der Waals surface area contributed by atoms with Crippen LogP contribution < -0.4 is 4.87 Å². The van der Waals surface area contributed by atoms with E-state index in [0.717, 1.165) is 15.9 Å². The van der Waals surface area contributed by atoms with Crippen LogP contribution in [0.25, 0.3) is 10.2 Å². The quantitative estimate of drug-likeness (QED) is 0.720. The van der Waals surface area contributed by atoms with Crippen LogP contribution in [0, 0.1) is 5.82 Å². The number of carboxylic acid groups (broad SMARTS) is 1. The average molecular weight is 366 g/mol. The van der Waals surface area contributed by atoms with Gasteiger partial charge in [0.05, 0.1) is 15.2 Å². The second kappa shape index (κ2) is 6.18. The number of halogens is 2. The lowest BCUT2D eigenvalue weighted by Gasteiger charge is -2.06. The molecule has 1 heterocycles. The monoisotopic (exact) mass is 365 g/mol. The van der Waals surface area contributed by atoms with E-state index in [2.05, 4.69) is 0 Å². The van der Waals surface area contributed by atoms with Crippen LogP contribution in [-0.4, -0.2) is 21.4 Å². The van der Waals surface area contributed by atoms with Gasteiger partial charge in [-0.05, 0) is 36.4 Å². The van der Waals surface area contributed by atoms with Crippen LogP contribution in [0.3, 0.4) is 0 Å². The van der Waals surface area contributed by atoms with Gasteiger partial charge in [0.1, 0.15) is 12.4 Å². The van der Waals surface area contributed by atoms with Crippen molar-refractivity contribution < 1.29 is 19.1 Å². The van der Waals surface area contributed by atoms with Gasteiger partial charge in [-0.3, -0.25) is 19.0 Å². The number of benzene rings is 2. The van der Waals surface area contributed by atoms with Gasteiger partial charge in [0, 0.05) is 11.1 Å². The van der Waals surface area contributed by atoms with E-state index in [0.29, 0.717) is 10.2 Å². The highest BCUT2D eigenvalue weighted by Crippen LogP contribution is 2.28. The van der Waals surface area contributed by atoms with Gasteiger partial charge in [0.2, 0.25) is 0 Å². The third kappa shape index (κ3) is 2.95. The van der Waals surface area contributed by atoms with E-state index >= 15 is 0 Å². The van der Waals surface area contributed by atoms with Crippen molar-refractivity contribution in [2.45, 2.75) is 6.54 Å². The lowest BCUT2D eigenvalue weighted by molar-refractivity contribution is -0.137. The Morgan fingerprint density at radius 2 is 1.88 bits per heavy atom. The molecule has 1 N–H and O–H groups in total. The number of carboxylic acids is 1. The molecular formula is C16H9ClFNO4S. The van der Waals surface area contributed by atoms with Crippen LogP contribution in [0.5, 0.6) is 0 Å². The van der Waals surface area contributed by atoms with E-state index in [1.807, 2.05) is 0 Å². The number of rotatable bonds is 4. The number of aliphatic carboxylic acids is 1. The van der Waals surface area contributed by atoms with Crippen LogP contribution in [0.1, 0.15) is 15.9 Å². The van der Waals surface area contributed by atoms with Gasteiger partial charge < -0.3 is 5.11 Å². The van der Waals surface area contributed by atoms with Gasteiger partial charge in [-0.15, -0.1) is 0 Å². The van der Waals surface area contributed by atoms with Crippen LogP contribution in [0.15, 0.2) is 41.2 Å². The standard InChI is InChI=1S/C16H9ClFNO4S/c17-11-6-12-13(24-16(23)19(12)7-14(20)21)5-10(11)15(22)8-1-3-9(18)4-2-8/h1-6H,7H2,(H,20,21). The molecule has 0 aliphatic heterocycles. The van der Waals surface area contributed by atoms with E-state index in [1.165, 1.54) is 36.4 Å². The van der Waals surface area contributed by atoms with Crippen LogP contribution >= 0.6 is 22.9 Å². The Kier molecular flexibility index (Phi) is 4.21. The summed E-state index contributed by atoms with van der Waals surface area (Å²) in [4.78, 5) is 34.8. The van der Waals surface area contributed by atoms with Crippen molar-refractivity contribution in [3.05, 3.63) is 68.0 Å². The Labute approximate surface area is 143 Å². The molecule has 0 saturated carbocycles. The van der Waals surface area contributed by atoms with Crippen molar-refractivity contribution in [3.8, 4) is 0 Å². The molecule has 3 rings (SSSR count). The molecule has 122 valence electrons. The topological polar surface area (TPSA) is 76.4 Å². The lowest BCUT2D eigenvalue weighted by Crippen LogP contribution is -2.18. The van der Waals surface area contributed by atoms with Gasteiger partial charge in [-0.2, -0.15) is 0 Å². The summed E-state index contributed by atoms with van der Waals surface area (Å²) in [7, 11) is 0. The first-order valence-electron chi connectivity index (χ1n) is 6.72. The predicted molar refractivity (Wildman–Crippen MR) is 88.6 cm³/mol. The van der Waals surface area contributed by atoms with Crippen molar-refractivity contribution in [3.63, 3.8) is 0 Å². The zero-order chi connectivity index (χ0) is 17.4. The molecule has 0 aliphatic rings. The molecule has 1 aromatic heterocycles. The summed E-state index contributed by atoms with van der Waals surface area (Å²) < 4.78 is 14.5. The molecular weight excluding hydrogens is 357 g/mol. The molecule has 5 nitrogen and oxygen atoms in total. The number of hydrogen-bond donors (Lipinski definition) is 1. The van der Waals surface area contributed by atoms with Crippen LogP contribution in [-0.2, 0) is 11.3 Å². The zero-order valence-electron chi connectivity index (χ0n) is 12.0. The highest BCUT2D eigenvalue weighted by molar-refractivity contribution is 7.16. The Morgan fingerprint density at radius 1 is 1.21 bits per heavy atom. The smallest absolute Gasteiger partial charge is 0.323 e. The number of carbonyl (C=O) groups excluding carboxylic acids is 1. The fraction of sp³-hybridized carbons (Fsp3) is 0.0625. The maximum Gasteiger partial charge on any atom is 0.323 e. The Morgan fingerprint density at radius 3 is 2.50 bits per heavy atom. The largest absolute Gasteiger partial charge is 0.480 e. The Balaban J connectivity index is 2.12. The summed E-state index contributed by atoms with van der Waals surface area (Å²) in [5.41, 5.74) is 0.780. The molecule has 0 aliphatic carbocycles. The van der Waals surface area contributed by atoms with Gasteiger partial charge in [-0.25, -0.2) is 4.39 Å². The van der Waals surface area contributed by atoms with Crippen molar-refractivity contribution in [2.75, 3.05) is 0 Å². The Hall–Kier alpha value is -2.51. The normalized spacial score (nSPS) is 10.9. The third-order valence-electron chi connectivity index (χ3n) is 3.40. The molecule has 0 unspecified atom stereocenters. The molecule has 0 fully saturated rings. The van der Waals surface area contributed by atoms with Gasteiger partial charge in [-0.1, -0.05) is 22.9 Å². The van der Waals surface area contributed by atoms with Gasteiger partial charge in [0.15, 0.2) is 5.78 Å². The van der Waals surface area contributed by atoms with Crippen molar-refractivity contribution >= 4 is 44.9 Å². The summed E-state index contributed by atoms with van der Waals surface area (Å²) >= 11 is 6.98. The predicted octanol–water partition coefficient (Wildman–Crippen LogP) is 3.17. The van der Waals surface area contributed by atoms with E-state index in [4.69, 9.17) is 16.7 Å². The third-order valence-corrected chi connectivity index (χ3v) is 4.66. The maximum absolute atomic E-state index is 13.0. The number of aromatic nitrogens is 1. The number of nitrogens with zero attached hydrogens (tertiary/aromatic N) is 1. The average Bonchev–Trinajstić information content (AvgIpc) is 2.81. The molecule has 0 spiro atoms. The number of fused-ring (bicyclic) bond motifs is 1.